The van der Waals surface area contributed by atoms with Gasteiger partial charge in [-0.1, -0.05) is 38.2 Å². The number of amides is 3. The van der Waals surface area contributed by atoms with Gasteiger partial charge >= 0.3 is 0 Å². The lowest BCUT2D eigenvalue weighted by Gasteiger charge is -2.40. The maximum absolute atomic E-state index is 14.2. The van der Waals surface area contributed by atoms with Crippen molar-refractivity contribution < 1.29 is 29.0 Å². The molecular weight excluding hydrogens is 464 g/mol. The maximum atomic E-state index is 14.2. The molecule has 3 saturated heterocycles. The first kappa shape index (κ1) is 25.4. The smallest absolute Gasteiger partial charge is 0.249 e. The Morgan fingerprint density at radius 3 is 2.50 bits per heavy atom. The molecule has 0 aromatic carbocycles. The van der Waals surface area contributed by atoms with Crippen molar-refractivity contribution in [1.29, 1.82) is 0 Å². The molecule has 3 fully saturated rings. The van der Waals surface area contributed by atoms with Crippen LogP contribution in [0.5, 0.6) is 0 Å². The van der Waals surface area contributed by atoms with Crippen molar-refractivity contribution >= 4 is 17.7 Å². The second kappa shape index (κ2) is 9.89. The summed E-state index contributed by atoms with van der Waals surface area (Å²) in [6.07, 6.45) is 6.94. The fraction of sp³-hybridized carbons (Fsp3) is 0.731. The van der Waals surface area contributed by atoms with E-state index in [1.165, 1.54) is 0 Å². The number of likely N-dealkylation sites (tertiary alicyclic amines) is 1. The van der Waals surface area contributed by atoms with Crippen LogP contribution in [0.15, 0.2) is 24.3 Å². The normalized spacial score (nSPS) is 35.7. The molecule has 1 N–H and O–H groups in total. The molecule has 1 spiro atoms. The SMILES string of the molecule is CC(C)[C@H](CO)N1C(=O)[C@@H]2[C@@H]3C(=O)N(C)CC=C[C@@H]3O[C@@]23C=CCN(CCN2CCOCC2)C(=O)C13. The van der Waals surface area contributed by atoms with Crippen molar-refractivity contribution in [2.75, 3.05) is 66.1 Å². The first-order valence-electron chi connectivity index (χ1n) is 13.1. The Kier molecular flexibility index (Phi) is 6.97. The Hall–Kier alpha value is -2.27. The fourth-order valence-corrected chi connectivity index (χ4v) is 6.52. The van der Waals surface area contributed by atoms with Crippen molar-refractivity contribution in [3.63, 3.8) is 0 Å². The number of fused-ring (bicyclic) bond motifs is 2. The molecule has 198 valence electrons. The molecule has 0 saturated carbocycles. The highest BCUT2D eigenvalue weighted by molar-refractivity contribution is 6.00. The summed E-state index contributed by atoms with van der Waals surface area (Å²) in [5.74, 6) is -2.25. The summed E-state index contributed by atoms with van der Waals surface area (Å²) in [4.78, 5) is 49.0. The van der Waals surface area contributed by atoms with Gasteiger partial charge in [0.05, 0.1) is 43.8 Å². The monoisotopic (exact) mass is 502 g/mol. The summed E-state index contributed by atoms with van der Waals surface area (Å²) in [6.45, 7) is 8.70. The van der Waals surface area contributed by atoms with Gasteiger partial charge in [-0.2, -0.15) is 0 Å². The van der Waals surface area contributed by atoms with Gasteiger partial charge in [-0.15, -0.1) is 0 Å². The molecule has 3 amide bonds. The number of hydrogen-bond acceptors (Lipinski definition) is 7. The first-order valence-corrected chi connectivity index (χ1v) is 13.1. The summed E-state index contributed by atoms with van der Waals surface area (Å²) in [6, 6.07) is -1.49. The average Bonchev–Trinajstić information content (AvgIpc) is 3.19. The molecule has 0 aromatic heterocycles. The molecule has 0 aromatic rings. The molecular formula is C26H38N4O6. The molecule has 0 bridgehead atoms. The zero-order chi connectivity index (χ0) is 25.6. The Balaban J connectivity index is 1.52. The molecule has 5 heterocycles. The zero-order valence-electron chi connectivity index (χ0n) is 21.4. The van der Waals surface area contributed by atoms with E-state index in [9.17, 15) is 19.5 Å². The van der Waals surface area contributed by atoms with Crippen LogP contribution >= 0.6 is 0 Å². The van der Waals surface area contributed by atoms with Gasteiger partial charge < -0.3 is 29.3 Å². The number of rotatable bonds is 6. The number of nitrogens with zero attached hydrogens (tertiary/aromatic N) is 4. The number of carbonyl (C=O) groups is 3. The first-order chi connectivity index (χ1) is 17.3. The number of morpholine rings is 1. The second-order valence-electron chi connectivity index (χ2n) is 10.9. The molecule has 36 heavy (non-hydrogen) atoms. The molecule has 10 heteroatoms. The van der Waals surface area contributed by atoms with Crippen molar-refractivity contribution in [2.24, 2.45) is 17.8 Å². The van der Waals surface area contributed by atoms with E-state index in [2.05, 4.69) is 4.90 Å². The van der Waals surface area contributed by atoms with Gasteiger partial charge in [-0.05, 0) is 5.92 Å². The number of likely N-dealkylation sites (N-methyl/N-ethyl adjacent to an activating group) is 1. The minimum Gasteiger partial charge on any atom is -0.394 e. The lowest BCUT2D eigenvalue weighted by molar-refractivity contribution is -0.152. The van der Waals surface area contributed by atoms with E-state index < -0.39 is 35.6 Å². The maximum Gasteiger partial charge on any atom is 0.249 e. The molecule has 0 aliphatic carbocycles. The minimum atomic E-state index is -1.25. The molecule has 5 rings (SSSR count). The van der Waals surface area contributed by atoms with Crippen molar-refractivity contribution in [3.8, 4) is 0 Å². The highest BCUT2D eigenvalue weighted by atomic mass is 16.5. The highest BCUT2D eigenvalue weighted by Gasteiger charge is 2.72. The van der Waals surface area contributed by atoms with E-state index in [1.54, 1.807) is 21.7 Å². The van der Waals surface area contributed by atoms with E-state index in [1.807, 2.05) is 38.2 Å². The molecule has 1 unspecified atom stereocenters. The lowest BCUT2D eigenvalue weighted by atomic mass is 9.77. The summed E-state index contributed by atoms with van der Waals surface area (Å²) >= 11 is 0. The third-order valence-electron chi connectivity index (χ3n) is 8.49. The Morgan fingerprint density at radius 1 is 1.06 bits per heavy atom. The van der Waals surface area contributed by atoms with E-state index in [0.717, 1.165) is 13.1 Å². The third-order valence-corrected chi connectivity index (χ3v) is 8.49. The van der Waals surface area contributed by atoms with Gasteiger partial charge in [0.1, 0.15) is 11.6 Å². The van der Waals surface area contributed by atoms with E-state index in [-0.39, 0.29) is 30.2 Å². The van der Waals surface area contributed by atoms with Gasteiger partial charge in [0, 0.05) is 46.3 Å². The molecule has 0 radical (unpaired) electrons. The average molecular weight is 503 g/mol. The number of carbonyl (C=O) groups excluding carboxylic acids is 3. The van der Waals surface area contributed by atoms with Crippen molar-refractivity contribution in [2.45, 2.75) is 37.6 Å². The predicted molar refractivity (Wildman–Crippen MR) is 131 cm³/mol. The molecule has 10 nitrogen and oxygen atoms in total. The standard InChI is InChI=1S/C26H38N4O6/c1-17(2)18(16-31)30-22-25(34)29(11-10-28-12-14-35-15-13-28)9-5-7-26(22)21(24(30)33)20-19(36-26)6-4-8-27(3)23(20)32/h4-7,17-22,31H,8-16H2,1-3H3/t18-,19-,20+,21-,22?,26-/m0/s1. The van der Waals surface area contributed by atoms with E-state index >= 15 is 0 Å². The van der Waals surface area contributed by atoms with Crippen LogP contribution in [-0.2, 0) is 23.9 Å². The zero-order valence-corrected chi connectivity index (χ0v) is 21.4. The summed E-state index contributed by atoms with van der Waals surface area (Å²) in [7, 11) is 1.72. The molecule has 6 atom stereocenters. The predicted octanol–water partition coefficient (Wildman–Crippen LogP) is -0.657. The summed E-state index contributed by atoms with van der Waals surface area (Å²) in [5, 5.41) is 10.3. The second-order valence-corrected chi connectivity index (χ2v) is 10.9. The van der Waals surface area contributed by atoms with Crippen molar-refractivity contribution in [3.05, 3.63) is 24.3 Å². The van der Waals surface area contributed by atoms with Crippen LogP contribution in [0, 0.1) is 17.8 Å². The topological polar surface area (TPSA) is 103 Å². The Labute approximate surface area is 212 Å². The van der Waals surface area contributed by atoms with Crippen LogP contribution in [0.2, 0.25) is 0 Å². The number of aliphatic hydroxyl groups is 1. The van der Waals surface area contributed by atoms with Crippen LogP contribution in [0.3, 0.4) is 0 Å². The van der Waals surface area contributed by atoms with Gasteiger partial charge in [0.25, 0.3) is 0 Å². The van der Waals surface area contributed by atoms with Crippen LogP contribution in [-0.4, -0.2) is 132 Å². The van der Waals surface area contributed by atoms with Crippen molar-refractivity contribution in [1.82, 2.24) is 19.6 Å². The Morgan fingerprint density at radius 2 is 1.81 bits per heavy atom. The summed E-state index contributed by atoms with van der Waals surface area (Å²) in [5.41, 5.74) is -1.25. The quantitative estimate of drug-likeness (QED) is 0.481. The van der Waals surface area contributed by atoms with Crippen LogP contribution in [0.1, 0.15) is 13.8 Å². The van der Waals surface area contributed by atoms with E-state index in [0.29, 0.717) is 39.4 Å². The third kappa shape index (κ3) is 3.98. The van der Waals surface area contributed by atoms with Crippen LogP contribution < -0.4 is 0 Å². The number of aliphatic hydroxyl groups excluding tert-OH is 1. The lowest BCUT2D eigenvalue weighted by Crippen LogP contribution is -2.59. The molecule has 5 aliphatic heterocycles. The largest absolute Gasteiger partial charge is 0.394 e. The fourth-order valence-electron chi connectivity index (χ4n) is 6.52. The molecule has 5 aliphatic rings. The van der Waals surface area contributed by atoms with Crippen LogP contribution in [0.25, 0.3) is 0 Å². The minimum absolute atomic E-state index is 0.0835. The van der Waals surface area contributed by atoms with E-state index in [4.69, 9.17) is 9.47 Å². The van der Waals surface area contributed by atoms with Gasteiger partial charge in [0.15, 0.2) is 0 Å². The van der Waals surface area contributed by atoms with Crippen LogP contribution in [0.4, 0.5) is 0 Å². The highest BCUT2D eigenvalue weighted by Crippen LogP contribution is 2.54. The summed E-state index contributed by atoms with van der Waals surface area (Å²) < 4.78 is 12.0. The number of ether oxygens (including phenoxy) is 2. The Bertz CT molecular complexity index is 947. The number of hydrogen-bond donors (Lipinski definition) is 1. The van der Waals surface area contributed by atoms with Gasteiger partial charge in [-0.25, -0.2) is 0 Å². The van der Waals surface area contributed by atoms with Gasteiger partial charge in [-0.3, -0.25) is 19.3 Å². The van der Waals surface area contributed by atoms with Gasteiger partial charge in [0.2, 0.25) is 17.7 Å².